The van der Waals surface area contributed by atoms with Gasteiger partial charge in [-0.3, -0.25) is 0 Å². The molecule has 2 atom stereocenters. The van der Waals surface area contributed by atoms with Crippen molar-refractivity contribution in [2.24, 2.45) is 0 Å². The Morgan fingerprint density at radius 3 is 2.45 bits per heavy atom. The van der Waals surface area contributed by atoms with Crippen LogP contribution in [0.2, 0.25) is 0 Å². The molecule has 1 aromatic carbocycles. The molecule has 1 fully saturated rings. The minimum atomic E-state index is -0.525. The molecule has 1 saturated carbocycles. The van der Waals surface area contributed by atoms with Gasteiger partial charge < -0.3 is 14.7 Å². The summed E-state index contributed by atoms with van der Waals surface area (Å²) in [7, 11) is 3.91. The molecule has 0 aliphatic heterocycles. The monoisotopic (exact) mass is 277 g/mol. The number of hydrogen-bond acceptors (Lipinski definition) is 4. The van der Waals surface area contributed by atoms with Crippen LogP contribution in [0, 0.1) is 0 Å². The van der Waals surface area contributed by atoms with Gasteiger partial charge in [-0.1, -0.05) is 12.8 Å². The fraction of sp³-hybridized carbons (Fsp3) is 0.562. The van der Waals surface area contributed by atoms with Gasteiger partial charge >= 0.3 is 5.97 Å². The summed E-state index contributed by atoms with van der Waals surface area (Å²) >= 11 is 0. The van der Waals surface area contributed by atoms with Gasteiger partial charge in [0.15, 0.2) is 0 Å². The summed E-state index contributed by atoms with van der Waals surface area (Å²) in [6.45, 7) is 0. The van der Waals surface area contributed by atoms with Gasteiger partial charge in [0.25, 0.3) is 0 Å². The van der Waals surface area contributed by atoms with E-state index in [4.69, 9.17) is 4.74 Å². The number of carbonyl (C=O) groups is 1. The lowest BCUT2D eigenvalue weighted by Crippen LogP contribution is -2.30. The number of ether oxygens (including phenoxy) is 1. The van der Waals surface area contributed by atoms with Crippen LogP contribution in [0.3, 0.4) is 0 Å². The summed E-state index contributed by atoms with van der Waals surface area (Å²) in [6, 6.07) is 7.31. The molecule has 0 bridgehead atoms. The van der Waals surface area contributed by atoms with E-state index in [9.17, 15) is 9.90 Å². The zero-order chi connectivity index (χ0) is 14.5. The highest BCUT2D eigenvalue weighted by molar-refractivity contribution is 5.90. The van der Waals surface area contributed by atoms with E-state index < -0.39 is 6.10 Å². The third kappa shape index (κ3) is 3.73. The van der Waals surface area contributed by atoms with Crippen LogP contribution in [0.15, 0.2) is 24.3 Å². The number of carbonyl (C=O) groups excluding carboxylic acids is 1. The summed E-state index contributed by atoms with van der Waals surface area (Å²) in [5.41, 5.74) is 1.57. The molecule has 1 N–H and O–H groups in total. The topological polar surface area (TPSA) is 49.8 Å². The molecule has 2 rings (SSSR count). The van der Waals surface area contributed by atoms with Gasteiger partial charge in [-0.25, -0.2) is 4.79 Å². The SMILES string of the molecule is CN(C)c1ccc(C(=O)O[C@@H]2CCCCC[C@@H]2O)cc1. The highest BCUT2D eigenvalue weighted by atomic mass is 16.6. The van der Waals surface area contributed by atoms with Crippen LogP contribution < -0.4 is 4.90 Å². The smallest absolute Gasteiger partial charge is 0.338 e. The van der Waals surface area contributed by atoms with E-state index in [0.29, 0.717) is 5.56 Å². The largest absolute Gasteiger partial charge is 0.456 e. The van der Waals surface area contributed by atoms with E-state index >= 15 is 0 Å². The molecule has 110 valence electrons. The van der Waals surface area contributed by atoms with Crippen LogP contribution in [-0.4, -0.2) is 37.4 Å². The van der Waals surface area contributed by atoms with Gasteiger partial charge in [-0.15, -0.1) is 0 Å². The zero-order valence-electron chi connectivity index (χ0n) is 12.2. The van der Waals surface area contributed by atoms with Crippen molar-refractivity contribution >= 4 is 11.7 Å². The Bertz CT molecular complexity index is 442. The van der Waals surface area contributed by atoms with Gasteiger partial charge in [-0.2, -0.15) is 0 Å². The number of benzene rings is 1. The maximum atomic E-state index is 12.1. The quantitative estimate of drug-likeness (QED) is 0.681. The van der Waals surface area contributed by atoms with E-state index in [1.165, 1.54) is 0 Å². The van der Waals surface area contributed by atoms with Gasteiger partial charge in [0, 0.05) is 19.8 Å². The lowest BCUT2D eigenvalue weighted by molar-refractivity contribution is -0.0206. The molecule has 4 heteroatoms. The first-order chi connectivity index (χ1) is 9.58. The Balaban J connectivity index is 1.99. The Labute approximate surface area is 120 Å². The maximum absolute atomic E-state index is 12.1. The first kappa shape index (κ1) is 14.9. The van der Waals surface area contributed by atoms with E-state index in [0.717, 1.165) is 37.8 Å². The fourth-order valence-electron chi connectivity index (χ4n) is 2.49. The molecule has 1 aromatic rings. The summed E-state index contributed by atoms with van der Waals surface area (Å²) < 4.78 is 5.47. The molecule has 0 unspecified atom stereocenters. The maximum Gasteiger partial charge on any atom is 0.338 e. The number of esters is 1. The van der Waals surface area contributed by atoms with Gasteiger partial charge in [0.1, 0.15) is 6.10 Å². The Kier molecular flexibility index (Phi) is 5.01. The number of hydrogen-bond donors (Lipinski definition) is 1. The van der Waals surface area contributed by atoms with Gasteiger partial charge in [0.05, 0.1) is 11.7 Å². The average Bonchev–Trinajstić information content (AvgIpc) is 2.64. The van der Waals surface area contributed by atoms with E-state index in [2.05, 4.69) is 0 Å². The second-order valence-corrected chi connectivity index (χ2v) is 5.59. The Morgan fingerprint density at radius 2 is 1.80 bits per heavy atom. The van der Waals surface area contributed by atoms with Crippen molar-refractivity contribution in [3.8, 4) is 0 Å². The van der Waals surface area contributed by atoms with Crippen LogP contribution in [0.5, 0.6) is 0 Å². The molecule has 0 saturated heterocycles. The molecule has 0 radical (unpaired) electrons. The van der Waals surface area contributed by atoms with Crippen molar-refractivity contribution in [3.05, 3.63) is 29.8 Å². The van der Waals surface area contributed by atoms with E-state index in [-0.39, 0.29) is 12.1 Å². The molecule has 0 aromatic heterocycles. The van der Waals surface area contributed by atoms with Gasteiger partial charge in [0.2, 0.25) is 0 Å². The zero-order valence-corrected chi connectivity index (χ0v) is 12.2. The predicted octanol–water partition coefficient (Wildman–Crippen LogP) is 2.60. The average molecular weight is 277 g/mol. The summed E-state index contributed by atoms with van der Waals surface area (Å²) in [4.78, 5) is 14.1. The van der Waals surface area contributed by atoms with E-state index in [1.807, 2.05) is 31.1 Å². The molecule has 20 heavy (non-hydrogen) atoms. The third-order valence-electron chi connectivity index (χ3n) is 3.80. The summed E-state index contributed by atoms with van der Waals surface area (Å²) in [6.07, 6.45) is 3.70. The minimum Gasteiger partial charge on any atom is -0.456 e. The molecule has 0 amide bonds. The first-order valence-corrected chi connectivity index (χ1v) is 7.24. The number of nitrogens with zero attached hydrogens (tertiary/aromatic N) is 1. The van der Waals surface area contributed by atoms with Crippen LogP contribution in [0.4, 0.5) is 5.69 Å². The van der Waals surface area contributed by atoms with Crippen molar-refractivity contribution in [1.29, 1.82) is 0 Å². The first-order valence-electron chi connectivity index (χ1n) is 7.24. The molecule has 1 aliphatic carbocycles. The van der Waals surface area contributed by atoms with Crippen molar-refractivity contribution in [2.75, 3.05) is 19.0 Å². The number of rotatable bonds is 3. The highest BCUT2D eigenvalue weighted by Crippen LogP contribution is 2.22. The van der Waals surface area contributed by atoms with Crippen LogP contribution in [0.1, 0.15) is 42.5 Å². The minimum absolute atomic E-state index is 0.346. The summed E-state index contributed by atoms with van der Waals surface area (Å²) in [5, 5.41) is 9.98. The molecule has 1 aliphatic rings. The molecule has 4 nitrogen and oxygen atoms in total. The standard InChI is InChI=1S/C16H23NO3/c1-17(2)13-10-8-12(9-11-13)16(19)20-15-7-5-3-4-6-14(15)18/h8-11,14-15,18H,3-7H2,1-2H3/t14-,15+/m0/s1. The predicted molar refractivity (Wildman–Crippen MR) is 79.1 cm³/mol. The van der Waals surface area contributed by atoms with Crippen LogP contribution >= 0.6 is 0 Å². The normalized spacial score (nSPS) is 22.9. The lowest BCUT2D eigenvalue weighted by atomic mass is 10.1. The summed E-state index contributed by atoms with van der Waals surface area (Å²) in [5.74, 6) is -0.346. The second-order valence-electron chi connectivity index (χ2n) is 5.59. The van der Waals surface area contributed by atoms with Crippen molar-refractivity contribution in [3.63, 3.8) is 0 Å². The Morgan fingerprint density at radius 1 is 1.15 bits per heavy atom. The molecule has 0 spiro atoms. The van der Waals surface area contributed by atoms with Crippen molar-refractivity contribution < 1.29 is 14.6 Å². The second kappa shape index (κ2) is 6.75. The van der Waals surface area contributed by atoms with Crippen molar-refractivity contribution in [1.82, 2.24) is 0 Å². The van der Waals surface area contributed by atoms with E-state index in [1.54, 1.807) is 12.1 Å². The highest BCUT2D eigenvalue weighted by Gasteiger charge is 2.25. The van der Waals surface area contributed by atoms with Crippen LogP contribution in [-0.2, 0) is 4.74 Å². The molecule has 0 heterocycles. The Hall–Kier alpha value is -1.55. The van der Waals surface area contributed by atoms with Gasteiger partial charge in [-0.05, 0) is 43.5 Å². The lowest BCUT2D eigenvalue weighted by Gasteiger charge is -2.21. The molecular formula is C16H23NO3. The third-order valence-corrected chi connectivity index (χ3v) is 3.80. The number of aliphatic hydroxyl groups is 1. The number of aliphatic hydroxyl groups excluding tert-OH is 1. The molecular weight excluding hydrogens is 254 g/mol. The number of anilines is 1. The van der Waals surface area contributed by atoms with Crippen LogP contribution in [0.25, 0.3) is 0 Å². The fourth-order valence-corrected chi connectivity index (χ4v) is 2.49. The van der Waals surface area contributed by atoms with Crippen molar-refractivity contribution in [2.45, 2.75) is 44.3 Å².